The Bertz CT molecular complexity index is 1530. The third-order valence-electron chi connectivity index (χ3n) is 7.36. The van der Waals surface area contributed by atoms with Gasteiger partial charge in [0.25, 0.3) is 5.91 Å². The lowest BCUT2D eigenvalue weighted by atomic mass is 10.1. The minimum Gasteiger partial charge on any atom is -0.369 e. The Labute approximate surface area is 232 Å². The number of aromatic nitrogens is 2. The number of fused-ring (bicyclic) bond motifs is 2. The van der Waals surface area contributed by atoms with Gasteiger partial charge in [0.1, 0.15) is 5.56 Å². The van der Waals surface area contributed by atoms with Gasteiger partial charge < -0.3 is 20.4 Å². The van der Waals surface area contributed by atoms with Crippen LogP contribution in [0.2, 0.25) is 0 Å². The van der Waals surface area contributed by atoms with Crippen molar-refractivity contribution < 1.29 is 9.59 Å². The summed E-state index contributed by atoms with van der Waals surface area (Å²) in [6, 6.07) is 13.7. The monoisotopic (exact) mass is 537 g/mol. The van der Waals surface area contributed by atoms with Crippen LogP contribution in [0.4, 0.5) is 34.5 Å². The van der Waals surface area contributed by atoms with E-state index in [1.807, 2.05) is 29.2 Å². The Kier molecular flexibility index (Phi) is 6.64. The van der Waals surface area contributed by atoms with E-state index in [1.54, 1.807) is 17.2 Å². The number of benzene rings is 2. The highest BCUT2D eigenvalue weighted by atomic mass is 16.2. The normalized spacial score (nSPS) is 16.8. The van der Waals surface area contributed by atoms with Crippen molar-refractivity contribution in [1.82, 2.24) is 19.8 Å². The predicted molar refractivity (Wildman–Crippen MR) is 157 cm³/mol. The molecule has 0 atom stereocenters. The van der Waals surface area contributed by atoms with Crippen molar-refractivity contribution >= 4 is 52.3 Å². The van der Waals surface area contributed by atoms with Crippen LogP contribution in [0.5, 0.6) is 0 Å². The number of aliphatic imine (C=N–C) groups is 1. The molecule has 2 amide bonds. The molecule has 0 unspecified atom stereocenters. The molecule has 0 bridgehead atoms. The molecule has 0 spiro atoms. The number of carbonyl (C=O) groups is 2. The maximum atomic E-state index is 13.3. The third-order valence-corrected chi connectivity index (χ3v) is 7.36. The van der Waals surface area contributed by atoms with Crippen LogP contribution in [0.3, 0.4) is 0 Å². The first-order valence-electron chi connectivity index (χ1n) is 13.3. The van der Waals surface area contributed by atoms with E-state index in [2.05, 4.69) is 63.1 Å². The lowest BCUT2D eigenvalue weighted by molar-refractivity contribution is -0.111. The molecule has 1 aromatic heterocycles. The summed E-state index contributed by atoms with van der Waals surface area (Å²) in [6.45, 7) is 10.6. The van der Waals surface area contributed by atoms with Crippen molar-refractivity contribution in [1.29, 1.82) is 0 Å². The SMILES string of the molecule is C=CC(=O)Nc1cccc(N2C3=NCCN3C(=O)c3cnc(Nc4ccc(N5CCN(C)CC5)cc4C)nc32)c1. The van der Waals surface area contributed by atoms with E-state index < -0.39 is 0 Å². The third kappa shape index (κ3) is 4.75. The van der Waals surface area contributed by atoms with Crippen LogP contribution in [0, 0.1) is 6.92 Å². The van der Waals surface area contributed by atoms with E-state index >= 15 is 0 Å². The van der Waals surface area contributed by atoms with E-state index in [0.29, 0.717) is 47.8 Å². The number of aryl methyl sites for hydroxylation is 1. The fraction of sp³-hybridized carbons (Fsp3) is 0.276. The molecule has 3 aromatic rings. The average molecular weight is 538 g/mol. The minimum absolute atomic E-state index is 0.183. The number of nitrogens with zero attached hydrogens (tertiary/aromatic N) is 7. The molecule has 40 heavy (non-hydrogen) atoms. The van der Waals surface area contributed by atoms with Crippen LogP contribution >= 0.6 is 0 Å². The fourth-order valence-electron chi connectivity index (χ4n) is 5.14. The van der Waals surface area contributed by atoms with Gasteiger partial charge in [-0.1, -0.05) is 12.6 Å². The largest absolute Gasteiger partial charge is 0.369 e. The Morgan fingerprint density at radius 1 is 1.05 bits per heavy atom. The highest BCUT2D eigenvalue weighted by Gasteiger charge is 2.39. The van der Waals surface area contributed by atoms with Gasteiger partial charge >= 0.3 is 0 Å². The molecule has 11 heteroatoms. The smallest absolute Gasteiger partial charge is 0.266 e. The number of anilines is 6. The number of carbonyl (C=O) groups excluding carboxylic acids is 2. The zero-order valence-corrected chi connectivity index (χ0v) is 22.6. The molecule has 2 aromatic carbocycles. The van der Waals surface area contributed by atoms with Crippen molar-refractivity contribution in [3.63, 3.8) is 0 Å². The van der Waals surface area contributed by atoms with E-state index in [0.717, 1.165) is 37.4 Å². The van der Waals surface area contributed by atoms with Gasteiger partial charge in [-0.05, 0) is 62.0 Å². The van der Waals surface area contributed by atoms with Gasteiger partial charge in [-0.25, -0.2) is 4.98 Å². The summed E-state index contributed by atoms with van der Waals surface area (Å²) in [4.78, 5) is 47.3. The number of hydrogen-bond donors (Lipinski definition) is 2. The molecule has 0 saturated carbocycles. The summed E-state index contributed by atoms with van der Waals surface area (Å²) in [6.07, 6.45) is 2.78. The molecule has 11 nitrogen and oxygen atoms in total. The Balaban J connectivity index is 1.33. The molecule has 0 radical (unpaired) electrons. The Morgan fingerprint density at radius 2 is 1.88 bits per heavy atom. The van der Waals surface area contributed by atoms with Gasteiger partial charge in [-0.3, -0.25) is 24.4 Å². The second kappa shape index (κ2) is 10.4. The van der Waals surface area contributed by atoms with Crippen molar-refractivity contribution in [3.8, 4) is 0 Å². The molecule has 3 aliphatic heterocycles. The number of piperazine rings is 1. The molecule has 3 aliphatic rings. The first kappa shape index (κ1) is 25.5. The number of rotatable bonds is 6. The Hall–Kier alpha value is -4.77. The second-order valence-corrected chi connectivity index (χ2v) is 10.1. The molecule has 1 saturated heterocycles. The molecule has 204 valence electrons. The number of guanidine groups is 1. The van der Waals surface area contributed by atoms with Gasteiger partial charge in [-0.2, -0.15) is 4.98 Å². The quantitative estimate of drug-likeness (QED) is 0.461. The molecule has 4 heterocycles. The maximum absolute atomic E-state index is 13.3. The van der Waals surface area contributed by atoms with Crippen LogP contribution in [0.1, 0.15) is 15.9 Å². The number of hydrogen-bond acceptors (Lipinski definition) is 9. The maximum Gasteiger partial charge on any atom is 0.266 e. The number of amides is 2. The first-order valence-corrected chi connectivity index (χ1v) is 13.3. The second-order valence-electron chi connectivity index (χ2n) is 10.1. The van der Waals surface area contributed by atoms with E-state index in [-0.39, 0.29) is 11.8 Å². The summed E-state index contributed by atoms with van der Waals surface area (Å²) in [5.41, 5.74) is 4.84. The van der Waals surface area contributed by atoms with E-state index in [1.165, 1.54) is 11.8 Å². The minimum atomic E-state index is -0.311. The van der Waals surface area contributed by atoms with Crippen molar-refractivity contribution in [2.45, 2.75) is 6.92 Å². The zero-order chi connectivity index (χ0) is 27.8. The van der Waals surface area contributed by atoms with Crippen LogP contribution in [0.25, 0.3) is 0 Å². The summed E-state index contributed by atoms with van der Waals surface area (Å²) >= 11 is 0. The van der Waals surface area contributed by atoms with Crippen LogP contribution in [0.15, 0.2) is 66.3 Å². The standard InChI is InChI=1S/C29H31N9O2/c1-4-25(39)32-20-6-5-7-22(17-20)38-26-23(27(40)37-11-10-30-29(37)38)18-31-28(34-26)33-24-9-8-21(16-19(24)2)36-14-12-35(3)13-15-36/h4-9,16-18H,1,10-15H2,2-3H3,(H,32,39)(H,31,33,34). The van der Waals surface area contributed by atoms with Crippen molar-refractivity contribution in [3.05, 3.63) is 72.4 Å². The molecular formula is C29H31N9O2. The van der Waals surface area contributed by atoms with Crippen molar-refractivity contribution in [2.24, 2.45) is 4.99 Å². The summed E-state index contributed by atoms with van der Waals surface area (Å²) in [5.74, 6) is 0.808. The molecule has 0 aliphatic carbocycles. The molecule has 1 fully saturated rings. The van der Waals surface area contributed by atoms with Crippen LogP contribution in [-0.4, -0.2) is 83.9 Å². The summed E-state index contributed by atoms with van der Waals surface area (Å²) in [7, 11) is 2.15. The molecular weight excluding hydrogens is 506 g/mol. The predicted octanol–water partition coefficient (Wildman–Crippen LogP) is 3.37. The lowest BCUT2D eigenvalue weighted by Gasteiger charge is -2.35. The van der Waals surface area contributed by atoms with Gasteiger partial charge in [0.2, 0.25) is 17.8 Å². The van der Waals surface area contributed by atoms with Gasteiger partial charge in [0.15, 0.2) is 5.82 Å². The van der Waals surface area contributed by atoms with Gasteiger partial charge in [0.05, 0.1) is 12.2 Å². The van der Waals surface area contributed by atoms with E-state index in [4.69, 9.17) is 4.98 Å². The Morgan fingerprint density at radius 3 is 2.65 bits per heavy atom. The molecule has 2 N–H and O–H groups in total. The highest BCUT2D eigenvalue weighted by Crippen LogP contribution is 2.36. The van der Waals surface area contributed by atoms with Crippen molar-refractivity contribution in [2.75, 3.05) is 66.7 Å². The summed E-state index contributed by atoms with van der Waals surface area (Å²) in [5, 5.41) is 6.13. The lowest BCUT2D eigenvalue weighted by Crippen LogP contribution is -2.48. The first-order chi connectivity index (χ1) is 19.4. The zero-order valence-electron chi connectivity index (χ0n) is 22.6. The molecule has 6 rings (SSSR count). The van der Waals surface area contributed by atoms with E-state index in [9.17, 15) is 9.59 Å². The average Bonchev–Trinajstić information content (AvgIpc) is 3.45. The fourth-order valence-corrected chi connectivity index (χ4v) is 5.14. The number of likely N-dealkylation sites (N-methyl/N-ethyl adjacent to an activating group) is 1. The highest BCUT2D eigenvalue weighted by molar-refractivity contribution is 6.21. The van der Waals surface area contributed by atoms with Crippen LogP contribution < -0.4 is 20.4 Å². The van der Waals surface area contributed by atoms with Gasteiger partial charge in [-0.15, -0.1) is 0 Å². The number of nitrogens with one attached hydrogen (secondary N) is 2. The van der Waals surface area contributed by atoms with Crippen LogP contribution in [-0.2, 0) is 4.79 Å². The van der Waals surface area contributed by atoms with Gasteiger partial charge in [0, 0.05) is 56.0 Å². The topological polar surface area (TPSA) is 109 Å². The summed E-state index contributed by atoms with van der Waals surface area (Å²) < 4.78 is 0.